The van der Waals surface area contributed by atoms with Crippen LogP contribution in [0.2, 0.25) is 0 Å². The Bertz CT molecular complexity index is 1170. The number of benzene rings is 2. The van der Waals surface area contributed by atoms with Gasteiger partial charge in [0.1, 0.15) is 17.3 Å². The molecule has 1 aliphatic heterocycles. The third kappa shape index (κ3) is 3.78. The summed E-state index contributed by atoms with van der Waals surface area (Å²) in [7, 11) is 0. The van der Waals surface area contributed by atoms with Gasteiger partial charge in [0.2, 0.25) is 6.10 Å². The van der Waals surface area contributed by atoms with Crippen molar-refractivity contribution in [3.05, 3.63) is 76.9 Å². The van der Waals surface area contributed by atoms with Gasteiger partial charge in [0, 0.05) is 23.4 Å². The van der Waals surface area contributed by atoms with Crippen molar-refractivity contribution < 1.29 is 22.8 Å². The van der Waals surface area contributed by atoms with Crippen LogP contribution in [0.5, 0.6) is 0 Å². The van der Waals surface area contributed by atoms with E-state index in [9.17, 15) is 18.0 Å². The van der Waals surface area contributed by atoms with Gasteiger partial charge in [-0.1, -0.05) is 5.16 Å². The Morgan fingerprint density at radius 1 is 1.10 bits per heavy atom. The molecule has 9 heteroatoms. The molecule has 0 aliphatic carbocycles. The smallest absolute Gasteiger partial charge is 0.268 e. The minimum atomic E-state index is -1.04. The third-order valence-electron chi connectivity index (χ3n) is 4.65. The molecule has 2 heterocycles. The number of carbonyl (C=O) groups is 1. The molecule has 154 valence electrons. The van der Waals surface area contributed by atoms with Crippen molar-refractivity contribution in [2.45, 2.75) is 26.4 Å². The number of halogens is 3. The number of aryl methyl sites for hydroxylation is 2. The Balaban J connectivity index is 1.45. The summed E-state index contributed by atoms with van der Waals surface area (Å²) in [5, 5.41) is 10.5. The molecule has 0 saturated heterocycles. The highest BCUT2D eigenvalue weighted by Crippen LogP contribution is 2.23. The predicted molar refractivity (Wildman–Crippen MR) is 104 cm³/mol. The summed E-state index contributed by atoms with van der Waals surface area (Å²) in [6.45, 7) is 3.62. The van der Waals surface area contributed by atoms with Gasteiger partial charge in [-0.3, -0.25) is 4.79 Å². The van der Waals surface area contributed by atoms with E-state index in [2.05, 4.69) is 15.6 Å². The average Bonchev–Trinajstić information content (AvgIpc) is 3.30. The second kappa shape index (κ2) is 7.66. The van der Waals surface area contributed by atoms with Crippen LogP contribution in [0.3, 0.4) is 0 Å². The fourth-order valence-corrected chi connectivity index (χ4v) is 3.25. The van der Waals surface area contributed by atoms with Gasteiger partial charge >= 0.3 is 0 Å². The fourth-order valence-electron chi connectivity index (χ4n) is 3.25. The van der Waals surface area contributed by atoms with Gasteiger partial charge in [0.15, 0.2) is 5.82 Å². The molecule has 0 fully saturated rings. The zero-order valence-corrected chi connectivity index (χ0v) is 16.1. The predicted octanol–water partition coefficient (Wildman–Crippen LogP) is 4.04. The molecule has 0 spiro atoms. The van der Waals surface area contributed by atoms with E-state index >= 15 is 0 Å². The summed E-state index contributed by atoms with van der Waals surface area (Å²) >= 11 is 0. The van der Waals surface area contributed by atoms with E-state index in [1.54, 1.807) is 0 Å². The fraction of sp³-hybridized carbons (Fsp3) is 0.190. The Morgan fingerprint density at radius 2 is 1.90 bits per heavy atom. The first-order chi connectivity index (χ1) is 14.3. The molecule has 1 aromatic heterocycles. The molecular formula is C21H17F3N4O2. The SMILES string of the molecule is Cc1cc(C)n(-c2ccc(NC(=O)[C@H]3CC(c4cc(F)ccc4F)=NO3)cc2F)n1. The maximum absolute atomic E-state index is 14.6. The van der Waals surface area contributed by atoms with Gasteiger partial charge in [-0.25, -0.2) is 17.9 Å². The van der Waals surface area contributed by atoms with Gasteiger partial charge in [-0.15, -0.1) is 0 Å². The first kappa shape index (κ1) is 19.7. The Kier molecular flexibility index (Phi) is 5.03. The lowest BCUT2D eigenvalue weighted by atomic mass is 10.0. The topological polar surface area (TPSA) is 68.5 Å². The lowest BCUT2D eigenvalue weighted by Crippen LogP contribution is -2.28. The van der Waals surface area contributed by atoms with Crippen molar-refractivity contribution in [3.8, 4) is 5.69 Å². The quantitative estimate of drug-likeness (QED) is 0.701. The molecule has 6 nitrogen and oxygen atoms in total. The first-order valence-corrected chi connectivity index (χ1v) is 9.14. The van der Waals surface area contributed by atoms with E-state index < -0.39 is 29.5 Å². The molecule has 30 heavy (non-hydrogen) atoms. The van der Waals surface area contributed by atoms with Crippen molar-refractivity contribution in [1.82, 2.24) is 9.78 Å². The van der Waals surface area contributed by atoms with Crippen LogP contribution >= 0.6 is 0 Å². The van der Waals surface area contributed by atoms with E-state index in [-0.39, 0.29) is 29.1 Å². The van der Waals surface area contributed by atoms with Crippen molar-refractivity contribution in [2.75, 3.05) is 5.32 Å². The van der Waals surface area contributed by atoms with Crippen LogP contribution in [-0.4, -0.2) is 27.5 Å². The summed E-state index contributed by atoms with van der Waals surface area (Å²) in [5.74, 6) is -2.43. The van der Waals surface area contributed by atoms with Gasteiger partial charge in [0.25, 0.3) is 5.91 Å². The summed E-state index contributed by atoms with van der Waals surface area (Å²) in [6, 6.07) is 9.00. The molecule has 1 aliphatic rings. The number of hydrogen-bond donors (Lipinski definition) is 1. The summed E-state index contributed by atoms with van der Waals surface area (Å²) in [6.07, 6.45) is -1.08. The number of nitrogens with one attached hydrogen (secondary N) is 1. The van der Waals surface area contributed by atoms with Gasteiger partial charge < -0.3 is 10.2 Å². The number of anilines is 1. The Morgan fingerprint density at radius 3 is 2.60 bits per heavy atom. The highest BCUT2D eigenvalue weighted by Gasteiger charge is 2.30. The van der Waals surface area contributed by atoms with Crippen molar-refractivity contribution in [1.29, 1.82) is 0 Å². The second-order valence-electron chi connectivity index (χ2n) is 6.95. The molecule has 4 rings (SSSR count). The second-order valence-corrected chi connectivity index (χ2v) is 6.95. The summed E-state index contributed by atoms with van der Waals surface area (Å²) in [4.78, 5) is 17.5. The molecule has 0 unspecified atom stereocenters. The van der Waals surface area contributed by atoms with E-state index in [0.29, 0.717) is 0 Å². The van der Waals surface area contributed by atoms with Crippen LogP contribution in [0, 0.1) is 31.3 Å². The van der Waals surface area contributed by atoms with Crippen LogP contribution in [0.25, 0.3) is 5.69 Å². The molecule has 1 atom stereocenters. The number of rotatable bonds is 4. The number of hydrogen-bond acceptors (Lipinski definition) is 4. The first-order valence-electron chi connectivity index (χ1n) is 9.14. The number of carbonyl (C=O) groups excluding carboxylic acids is 1. The van der Waals surface area contributed by atoms with Crippen LogP contribution < -0.4 is 5.32 Å². The maximum atomic E-state index is 14.6. The number of oxime groups is 1. The number of aromatic nitrogens is 2. The molecule has 0 radical (unpaired) electrons. The zero-order valence-electron chi connectivity index (χ0n) is 16.1. The highest BCUT2D eigenvalue weighted by molar-refractivity contribution is 6.06. The minimum absolute atomic E-state index is 0.0431. The Labute approximate surface area is 170 Å². The zero-order chi connectivity index (χ0) is 21.4. The monoisotopic (exact) mass is 414 g/mol. The summed E-state index contributed by atoms with van der Waals surface area (Å²) in [5.41, 5.74) is 2.06. The molecular weight excluding hydrogens is 397 g/mol. The van der Waals surface area contributed by atoms with Gasteiger partial charge in [-0.2, -0.15) is 5.10 Å². The molecule has 3 aromatic rings. The van der Waals surface area contributed by atoms with Crippen LogP contribution in [0.4, 0.5) is 18.9 Å². The van der Waals surface area contributed by atoms with E-state index in [1.807, 2.05) is 19.9 Å². The molecule has 0 saturated carbocycles. The lowest BCUT2D eigenvalue weighted by molar-refractivity contribution is -0.125. The Hall–Kier alpha value is -3.62. The molecule has 2 aromatic carbocycles. The van der Waals surface area contributed by atoms with Crippen molar-refractivity contribution in [3.63, 3.8) is 0 Å². The van der Waals surface area contributed by atoms with E-state index in [0.717, 1.165) is 29.6 Å². The largest absolute Gasteiger partial charge is 0.382 e. The average molecular weight is 414 g/mol. The van der Waals surface area contributed by atoms with E-state index in [1.165, 1.54) is 22.9 Å². The molecule has 0 bridgehead atoms. The molecule has 1 amide bonds. The molecule has 1 N–H and O–H groups in total. The summed E-state index contributed by atoms with van der Waals surface area (Å²) < 4.78 is 43.3. The normalized spacial score (nSPS) is 15.6. The van der Waals surface area contributed by atoms with Gasteiger partial charge in [0.05, 0.1) is 11.4 Å². The van der Waals surface area contributed by atoms with Crippen molar-refractivity contribution in [2.24, 2.45) is 5.16 Å². The van der Waals surface area contributed by atoms with Crippen molar-refractivity contribution >= 4 is 17.3 Å². The van der Waals surface area contributed by atoms with Crippen LogP contribution in [-0.2, 0) is 9.63 Å². The number of amides is 1. The lowest BCUT2D eigenvalue weighted by Gasteiger charge is -2.11. The standard InChI is InChI=1S/C21H17F3N4O2/c1-11-7-12(2)28(26-11)19-6-4-14(9-17(19)24)25-21(29)20-10-18(27-30-20)15-8-13(22)3-5-16(15)23/h3-9,20H,10H2,1-2H3,(H,25,29)/t20-/m1/s1. The van der Waals surface area contributed by atoms with Crippen LogP contribution in [0.15, 0.2) is 47.6 Å². The highest BCUT2D eigenvalue weighted by atomic mass is 19.1. The minimum Gasteiger partial charge on any atom is -0.382 e. The third-order valence-corrected chi connectivity index (χ3v) is 4.65. The number of nitrogens with zero attached hydrogens (tertiary/aromatic N) is 3. The van der Waals surface area contributed by atoms with E-state index in [4.69, 9.17) is 4.84 Å². The van der Waals surface area contributed by atoms with Gasteiger partial charge in [-0.05, 0) is 56.3 Å². The maximum Gasteiger partial charge on any atom is 0.268 e. The van der Waals surface area contributed by atoms with Crippen LogP contribution in [0.1, 0.15) is 23.4 Å².